The predicted molar refractivity (Wildman–Crippen MR) is 168 cm³/mol. The summed E-state index contributed by atoms with van der Waals surface area (Å²) < 4.78 is 6.87. The van der Waals surface area contributed by atoms with E-state index in [0.717, 1.165) is 44.1 Å². The minimum absolute atomic E-state index is 0.105. The predicted octanol–water partition coefficient (Wildman–Crippen LogP) is 4.72. The minimum Gasteiger partial charge on any atom is -0.396 e. The number of ether oxygens (including phenoxy) is 1. The number of benzene rings is 1. The average Bonchev–Trinajstić information content (AvgIpc) is 3.57. The quantitative estimate of drug-likeness (QED) is 0.197. The van der Waals surface area contributed by atoms with Gasteiger partial charge in [-0.15, -0.1) is 13.2 Å². The van der Waals surface area contributed by atoms with Crippen LogP contribution in [0.4, 0.5) is 0 Å². The third-order valence-corrected chi connectivity index (χ3v) is 9.65. The Kier molecular flexibility index (Phi) is 11.2. The molecule has 3 saturated heterocycles. The zero-order valence-electron chi connectivity index (χ0n) is 26.2. The lowest BCUT2D eigenvalue weighted by atomic mass is 9.66. The van der Waals surface area contributed by atoms with Crippen molar-refractivity contribution in [2.45, 2.75) is 95.4 Å². The number of aliphatic hydroxyl groups is 1. The Morgan fingerprint density at radius 3 is 2.37 bits per heavy atom. The summed E-state index contributed by atoms with van der Waals surface area (Å²) in [6.07, 6.45) is 10.7. The zero-order valence-corrected chi connectivity index (χ0v) is 26.2. The Labute approximate surface area is 257 Å². The number of amides is 3. The first-order valence-electron chi connectivity index (χ1n) is 16.2. The van der Waals surface area contributed by atoms with Gasteiger partial charge in [-0.3, -0.25) is 14.4 Å². The number of nitrogens with zero attached hydrogens (tertiary/aromatic N) is 3. The summed E-state index contributed by atoms with van der Waals surface area (Å²) in [4.78, 5) is 48.7. The Balaban J connectivity index is 1.68. The fraction of sp³-hybridized carbons (Fsp3) is 0.629. The zero-order chi connectivity index (χ0) is 31.0. The lowest BCUT2D eigenvalue weighted by Crippen LogP contribution is -2.56. The lowest BCUT2D eigenvalue weighted by molar-refractivity contribution is -0.153. The Morgan fingerprint density at radius 1 is 1.00 bits per heavy atom. The normalized spacial score (nSPS) is 27.3. The smallest absolute Gasteiger partial charge is 0.248 e. The highest BCUT2D eigenvalue weighted by Crippen LogP contribution is 2.63. The van der Waals surface area contributed by atoms with Gasteiger partial charge in [0.15, 0.2) is 0 Å². The molecule has 236 valence electrons. The van der Waals surface area contributed by atoms with E-state index in [4.69, 9.17) is 4.74 Å². The first kappa shape index (κ1) is 32.9. The third-order valence-electron chi connectivity index (χ3n) is 9.65. The van der Waals surface area contributed by atoms with Gasteiger partial charge in [-0.25, -0.2) is 0 Å². The van der Waals surface area contributed by atoms with E-state index in [1.165, 1.54) is 0 Å². The van der Waals surface area contributed by atoms with Crippen molar-refractivity contribution in [1.82, 2.24) is 14.7 Å². The molecule has 0 radical (unpaired) electrons. The molecule has 8 heteroatoms. The van der Waals surface area contributed by atoms with Crippen molar-refractivity contribution in [3.05, 3.63) is 61.2 Å². The van der Waals surface area contributed by atoms with Crippen molar-refractivity contribution >= 4 is 17.7 Å². The van der Waals surface area contributed by atoms with Gasteiger partial charge in [0.05, 0.1) is 17.4 Å². The molecule has 43 heavy (non-hydrogen) atoms. The number of fused-ring (bicyclic) bond motifs is 1. The first-order chi connectivity index (χ1) is 20.8. The van der Waals surface area contributed by atoms with Gasteiger partial charge in [0.1, 0.15) is 11.6 Å². The molecule has 0 aromatic heterocycles. The molecule has 0 saturated carbocycles. The number of carbonyl (C=O) groups excluding carboxylic acids is 3. The highest BCUT2D eigenvalue weighted by molar-refractivity contribution is 5.99. The van der Waals surface area contributed by atoms with Gasteiger partial charge in [0.2, 0.25) is 17.7 Å². The highest BCUT2D eigenvalue weighted by atomic mass is 16.5. The first-order valence-corrected chi connectivity index (χ1v) is 16.2. The fourth-order valence-corrected chi connectivity index (χ4v) is 7.63. The van der Waals surface area contributed by atoms with Gasteiger partial charge in [0, 0.05) is 39.3 Å². The molecule has 4 rings (SSSR count). The summed E-state index contributed by atoms with van der Waals surface area (Å²) in [6.45, 7) is 14.2. The summed E-state index contributed by atoms with van der Waals surface area (Å²) >= 11 is 0. The number of rotatable bonds is 18. The van der Waals surface area contributed by atoms with Gasteiger partial charge in [0.25, 0.3) is 0 Å². The van der Waals surface area contributed by atoms with E-state index in [-0.39, 0.29) is 24.3 Å². The van der Waals surface area contributed by atoms with Gasteiger partial charge >= 0.3 is 0 Å². The van der Waals surface area contributed by atoms with E-state index in [1.54, 1.807) is 22.0 Å². The topological polar surface area (TPSA) is 90.4 Å². The molecule has 3 aliphatic heterocycles. The second kappa shape index (κ2) is 14.7. The van der Waals surface area contributed by atoms with Crippen molar-refractivity contribution in [2.24, 2.45) is 11.8 Å². The molecule has 2 unspecified atom stereocenters. The standard InChI is InChI=1S/C35H51N3O5/c1-5-8-14-23-36(21-6-2)33(42)30-35-20-19-34(4,43-35)28(29(35)32(41)38(30)24-15-9-10-16-25-39)31(40)37(22-7-3)26-27-17-12-11-13-18-27/h6-7,11-13,17-18,28-30,39H,2-3,5,8-10,14-16,19-26H2,1,4H3/t28-,29-,30?,34+,35?/m0/s1. The van der Waals surface area contributed by atoms with Gasteiger partial charge in [-0.2, -0.15) is 0 Å². The Hall–Kier alpha value is -2.97. The number of hydrogen-bond donors (Lipinski definition) is 1. The van der Waals surface area contributed by atoms with Crippen LogP contribution >= 0.6 is 0 Å². The molecule has 3 amide bonds. The highest BCUT2D eigenvalue weighted by Gasteiger charge is 2.78. The summed E-state index contributed by atoms with van der Waals surface area (Å²) in [6, 6.07) is 9.06. The number of hydrogen-bond acceptors (Lipinski definition) is 5. The van der Waals surface area contributed by atoms with E-state index < -0.39 is 29.1 Å². The van der Waals surface area contributed by atoms with Crippen LogP contribution in [0.15, 0.2) is 55.6 Å². The molecular formula is C35H51N3O5. The lowest BCUT2D eigenvalue weighted by Gasteiger charge is -2.37. The maximum Gasteiger partial charge on any atom is 0.248 e. The molecule has 1 spiro atoms. The van der Waals surface area contributed by atoms with Crippen LogP contribution in [-0.2, 0) is 25.7 Å². The summed E-state index contributed by atoms with van der Waals surface area (Å²) in [5.41, 5.74) is -0.861. The van der Waals surface area contributed by atoms with Crippen LogP contribution in [0.3, 0.4) is 0 Å². The molecule has 3 heterocycles. The second-order valence-corrected chi connectivity index (χ2v) is 12.7. The molecule has 2 bridgehead atoms. The number of carbonyl (C=O) groups is 3. The van der Waals surface area contributed by atoms with Gasteiger partial charge in [-0.05, 0) is 44.6 Å². The Morgan fingerprint density at radius 2 is 1.70 bits per heavy atom. The van der Waals surface area contributed by atoms with Crippen LogP contribution in [0.5, 0.6) is 0 Å². The van der Waals surface area contributed by atoms with E-state index >= 15 is 0 Å². The van der Waals surface area contributed by atoms with E-state index in [2.05, 4.69) is 20.1 Å². The monoisotopic (exact) mass is 593 g/mol. The number of unbranched alkanes of at least 4 members (excludes halogenated alkanes) is 5. The second-order valence-electron chi connectivity index (χ2n) is 12.7. The summed E-state index contributed by atoms with van der Waals surface area (Å²) in [5, 5.41) is 9.21. The van der Waals surface area contributed by atoms with E-state index in [0.29, 0.717) is 52.0 Å². The fourth-order valence-electron chi connectivity index (χ4n) is 7.63. The van der Waals surface area contributed by atoms with Crippen LogP contribution in [0.2, 0.25) is 0 Å². The van der Waals surface area contributed by atoms with Crippen molar-refractivity contribution in [3.63, 3.8) is 0 Å². The van der Waals surface area contributed by atoms with E-state index in [9.17, 15) is 19.5 Å². The molecule has 1 N–H and O–H groups in total. The number of aliphatic hydroxyl groups excluding tert-OH is 1. The van der Waals surface area contributed by atoms with Crippen molar-refractivity contribution in [1.29, 1.82) is 0 Å². The third kappa shape index (κ3) is 6.60. The Bertz CT molecular complexity index is 1140. The van der Waals surface area contributed by atoms with Crippen molar-refractivity contribution in [3.8, 4) is 0 Å². The van der Waals surface area contributed by atoms with Crippen LogP contribution in [0.1, 0.15) is 77.2 Å². The van der Waals surface area contributed by atoms with Gasteiger partial charge < -0.3 is 24.5 Å². The van der Waals surface area contributed by atoms with Crippen molar-refractivity contribution in [2.75, 3.05) is 32.8 Å². The molecule has 3 aliphatic rings. The maximum absolute atomic E-state index is 14.5. The molecule has 0 aliphatic carbocycles. The van der Waals surface area contributed by atoms with Crippen LogP contribution in [0, 0.1) is 11.8 Å². The molecule has 1 aromatic rings. The number of likely N-dealkylation sites (tertiary alicyclic amines) is 1. The largest absolute Gasteiger partial charge is 0.396 e. The molecule has 5 atom stereocenters. The SMILES string of the molecule is C=CCN(CCCCC)C(=O)C1N(CCCCCCO)C(=O)[C@@H]2[C@@H](C(=O)N(CC=C)Cc3ccccc3)[C@@]3(C)CCC12O3. The summed E-state index contributed by atoms with van der Waals surface area (Å²) in [5.74, 6) is -1.76. The van der Waals surface area contributed by atoms with Gasteiger partial charge in [-0.1, -0.05) is 75.1 Å². The van der Waals surface area contributed by atoms with Crippen LogP contribution in [-0.4, -0.2) is 87.6 Å². The van der Waals surface area contributed by atoms with Crippen molar-refractivity contribution < 1.29 is 24.2 Å². The average molecular weight is 594 g/mol. The molecule has 1 aromatic carbocycles. The molecular weight excluding hydrogens is 542 g/mol. The van der Waals surface area contributed by atoms with Crippen LogP contribution < -0.4 is 0 Å². The minimum atomic E-state index is -1.04. The summed E-state index contributed by atoms with van der Waals surface area (Å²) in [7, 11) is 0. The molecule has 8 nitrogen and oxygen atoms in total. The van der Waals surface area contributed by atoms with E-state index in [1.807, 2.05) is 42.2 Å². The molecule has 3 fully saturated rings. The maximum atomic E-state index is 14.5. The van der Waals surface area contributed by atoms with Crippen LogP contribution in [0.25, 0.3) is 0 Å².